The molecule has 1 atom stereocenters. The number of hydrogen-bond donors (Lipinski definition) is 1. The van der Waals surface area contributed by atoms with Gasteiger partial charge in [0.05, 0.1) is 0 Å². The van der Waals surface area contributed by atoms with Gasteiger partial charge in [0.25, 0.3) is 0 Å². The van der Waals surface area contributed by atoms with Crippen LogP contribution in [0, 0.1) is 5.92 Å². The average Bonchev–Trinajstić information content (AvgIpc) is 3.00. The zero-order valence-corrected chi connectivity index (χ0v) is 10.4. The van der Waals surface area contributed by atoms with Crippen LogP contribution < -0.4 is 5.32 Å². The van der Waals surface area contributed by atoms with Crippen LogP contribution in [0.4, 0.5) is 5.95 Å². The Morgan fingerprint density at radius 1 is 1.50 bits per heavy atom. The number of imidazole rings is 1. The first-order valence-corrected chi connectivity index (χ1v) is 6.61. The Kier molecular flexibility index (Phi) is 3.86. The second-order valence-electron chi connectivity index (χ2n) is 4.83. The smallest absolute Gasteiger partial charge is 0.203 e. The Labute approximate surface area is 98.3 Å². The van der Waals surface area contributed by atoms with Crippen molar-refractivity contribution in [2.75, 3.05) is 11.9 Å². The summed E-state index contributed by atoms with van der Waals surface area (Å²) in [7, 11) is 0. The average molecular weight is 221 g/mol. The van der Waals surface area contributed by atoms with E-state index in [1.54, 1.807) is 0 Å². The van der Waals surface area contributed by atoms with Gasteiger partial charge in [0, 0.05) is 25.0 Å². The van der Waals surface area contributed by atoms with Crippen molar-refractivity contribution in [1.82, 2.24) is 9.55 Å². The molecule has 1 N–H and O–H groups in total. The van der Waals surface area contributed by atoms with Gasteiger partial charge in [0.1, 0.15) is 0 Å². The van der Waals surface area contributed by atoms with Gasteiger partial charge >= 0.3 is 0 Å². The van der Waals surface area contributed by atoms with Crippen molar-refractivity contribution in [3.8, 4) is 0 Å². The zero-order valence-electron chi connectivity index (χ0n) is 10.4. The molecule has 3 nitrogen and oxygen atoms in total. The van der Waals surface area contributed by atoms with E-state index in [1.807, 2.05) is 6.20 Å². The van der Waals surface area contributed by atoms with Gasteiger partial charge in [-0.15, -0.1) is 0 Å². The largest absolute Gasteiger partial charge is 0.356 e. The number of hydrogen-bond acceptors (Lipinski definition) is 2. The van der Waals surface area contributed by atoms with Crippen LogP contribution in [0.5, 0.6) is 0 Å². The lowest BCUT2D eigenvalue weighted by molar-refractivity contribution is 0.432. The first-order valence-electron chi connectivity index (χ1n) is 6.61. The minimum Gasteiger partial charge on any atom is -0.356 e. The molecule has 1 unspecified atom stereocenters. The van der Waals surface area contributed by atoms with Crippen LogP contribution in [-0.2, 0) is 0 Å². The van der Waals surface area contributed by atoms with Gasteiger partial charge < -0.3 is 9.88 Å². The van der Waals surface area contributed by atoms with Crippen molar-refractivity contribution in [3.63, 3.8) is 0 Å². The summed E-state index contributed by atoms with van der Waals surface area (Å²) in [4.78, 5) is 4.40. The second-order valence-corrected chi connectivity index (χ2v) is 4.83. The standard InChI is InChI=1S/C13H23N3/c1-3-7-14-13-15-8-9-16(13)12(4-2)10-11-5-6-11/h8-9,11-12H,3-7,10H2,1-2H3,(H,14,15). The first kappa shape index (κ1) is 11.5. The zero-order chi connectivity index (χ0) is 11.4. The number of nitrogens with zero attached hydrogens (tertiary/aromatic N) is 2. The molecule has 0 amide bonds. The van der Waals surface area contributed by atoms with E-state index >= 15 is 0 Å². The van der Waals surface area contributed by atoms with Crippen LogP contribution >= 0.6 is 0 Å². The molecule has 0 saturated heterocycles. The summed E-state index contributed by atoms with van der Waals surface area (Å²) in [6.45, 7) is 5.47. The van der Waals surface area contributed by atoms with E-state index in [0.717, 1.165) is 24.8 Å². The molecule has 1 heterocycles. The normalized spacial score (nSPS) is 17.4. The fourth-order valence-corrected chi connectivity index (χ4v) is 2.20. The molecule has 90 valence electrons. The highest BCUT2D eigenvalue weighted by Gasteiger charge is 2.26. The molecule has 0 radical (unpaired) electrons. The minimum atomic E-state index is 0.634. The third-order valence-electron chi connectivity index (χ3n) is 3.37. The van der Waals surface area contributed by atoms with E-state index < -0.39 is 0 Å². The van der Waals surface area contributed by atoms with Crippen LogP contribution in [-0.4, -0.2) is 16.1 Å². The van der Waals surface area contributed by atoms with E-state index in [2.05, 4.69) is 34.9 Å². The van der Waals surface area contributed by atoms with Crippen LogP contribution in [0.1, 0.15) is 52.0 Å². The molecule has 1 aromatic rings. The quantitative estimate of drug-likeness (QED) is 0.764. The van der Waals surface area contributed by atoms with E-state index in [-0.39, 0.29) is 0 Å². The maximum Gasteiger partial charge on any atom is 0.203 e. The topological polar surface area (TPSA) is 29.9 Å². The van der Waals surface area contributed by atoms with Crippen molar-refractivity contribution < 1.29 is 0 Å². The molecule has 1 aliphatic carbocycles. The van der Waals surface area contributed by atoms with E-state index in [1.165, 1.54) is 25.7 Å². The predicted octanol–water partition coefficient (Wildman–Crippen LogP) is 3.46. The first-order chi connectivity index (χ1) is 7.85. The number of rotatable bonds is 7. The lowest BCUT2D eigenvalue weighted by Crippen LogP contribution is -2.13. The van der Waals surface area contributed by atoms with Gasteiger partial charge in [0.15, 0.2) is 0 Å². The summed E-state index contributed by atoms with van der Waals surface area (Å²) in [5.74, 6) is 2.03. The molecule has 1 aromatic heterocycles. The van der Waals surface area contributed by atoms with Crippen molar-refractivity contribution in [1.29, 1.82) is 0 Å². The van der Waals surface area contributed by atoms with Gasteiger partial charge in [-0.3, -0.25) is 0 Å². The summed E-state index contributed by atoms with van der Waals surface area (Å²) < 4.78 is 2.33. The third kappa shape index (κ3) is 2.77. The van der Waals surface area contributed by atoms with E-state index in [4.69, 9.17) is 0 Å². The van der Waals surface area contributed by atoms with Crippen LogP contribution in [0.15, 0.2) is 12.4 Å². The predicted molar refractivity (Wildman–Crippen MR) is 67.7 cm³/mol. The monoisotopic (exact) mass is 221 g/mol. The highest BCUT2D eigenvalue weighted by molar-refractivity contribution is 5.26. The van der Waals surface area contributed by atoms with Gasteiger partial charge in [-0.2, -0.15) is 0 Å². The highest BCUT2D eigenvalue weighted by Crippen LogP contribution is 2.38. The molecule has 2 rings (SSSR count). The van der Waals surface area contributed by atoms with Gasteiger partial charge in [-0.1, -0.05) is 26.7 Å². The van der Waals surface area contributed by atoms with Crippen molar-refractivity contribution >= 4 is 5.95 Å². The summed E-state index contributed by atoms with van der Waals surface area (Å²) >= 11 is 0. The fraction of sp³-hybridized carbons (Fsp3) is 0.769. The summed E-state index contributed by atoms with van der Waals surface area (Å²) in [5.41, 5.74) is 0. The molecule has 16 heavy (non-hydrogen) atoms. The Morgan fingerprint density at radius 3 is 2.94 bits per heavy atom. The maximum atomic E-state index is 4.40. The summed E-state index contributed by atoms with van der Waals surface area (Å²) in [6.07, 6.45) is 10.6. The Balaban J connectivity index is 2.00. The maximum absolute atomic E-state index is 4.40. The lowest BCUT2D eigenvalue weighted by atomic mass is 10.1. The van der Waals surface area contributed by atoms with Gasteiger partial charge in [-0.05, 0) is 25.2 Å². The number of aromatic nitrogens is 2. The SMILES string of the molecule is CCCNc1nccn1C(CC)CC1CC1. The van der Waals surface area contributed by atoms with Crippen molar-refractivity contribution in [3.05, 3.63) is 12.4 Å². The van der Waals surface area contributed by atoms with E-state index in [0.29, 0.717) is 6.04 Å². The Bertz CT molecular complexity index is 315. The van der Waals surface area contributed by atoms with E-state index in [9.17, 15) is 0 Å². The van der Waals surface area contributed by atoms with Crippen LogP contribution in [0.3, 0.4) is 0 Å². The Morgan fingerprint density at radius 2 is 2.31 bits per heavy atom. The Hall–Kier alpha value is -0.990. The van der Waals surface area contributed by atoms with Gasteiger partial charge in [-0.25, -0.2) is 4.98 Å². The lowest BCUT2D eigenvalue weighted by Gasteiger charge is -2.19. The number of anilines is 1. The molecule has 1 fully saturated rings. The molecule has 0 spiro atoms. The van der Waals surface area contributed by atoms with Crippen LogP contribution in [0.25, 0.3) is 0 Å². The van der Waals surface area contributed by atoms with Gasteiger partial charge in [0.2, 0.25) is 5.95 Å². The molecular weight excluding hydrogens is 198 g/mol. The summed E-state index contributed by atoms with van der Waals surface area (Å²) in [6, 6.07) is 0.634. The molecule has 1 saturated carbocycles. The van der Waals surface area contributed by atoms with Crippen molar-refractivity contribution in [2.45, 2.75) is 52.0 Å². The third-order valence-corrected chi connectivity index (χ3v) is 3.37. The highest BCUT2D eigenvalue weighted by atomic mass is 15.2. The molecule has 3 heteroatoms. The molecule has 1 aliphatic rings. The molecule has 0 aromatic carbocycles. The minimum absolute atomic E-state index is 0.634. The summed E-state index contributed by atoms with van der Waals surface area (Å²) in [5, 5.41) is 3.40. The fourth-order valence-electron chi connectivity index (χ4n) is 2.20. The van der Waals surface area contributed by atoms with Crippen molar-refractivity contribution in [2.24, 2.45) is 5.92 Å². The van der Waals surface area contributed by atoms with Crippen LogP contribution in [0.2, 0.25) is 0 Å². The molecular formula is C13H23N3. The molecule has 0 bridgehead atoms. The second kappa shape index (κ2) is 5.37. The molecule has 0 aliphatic heterocycles. The number of nitrogens with one attached hydrogen (secondary N) is 1.